The van der Waals surface area contributed by atoms with Crippen LogP contribution in [0.25, 0.3) is 0 Å². The maximum atomic E-state index is 6.03. The van der Waals surface area contributed by atoms with Gasteiger partial charge in [0.15, 0.2) is 0 Å². The van der Waals surface area contributed by atoms with Gasteiger partial charge in [0.2, 0.25) is 0 Å². The molecule has 0 amide bonds. The Morgan fingerprint density at radius 2 is 2.30 bits per heavy atom. The summed E-state index contributed by atoms with van der Waals surface area (Å²) in [5.41, 5.74) is 1.10. The molecule has 5 heteroatoms. The van der Waals surface area contributed by atoms with Crippen LogP contribution >= 0.6 is 11.6 Å². The van der Waals surface area contributed by atoms with Crippen molar-refractivity contribution < 1.29 is 4.74 Å². The summed E-state index contributed by atoms with van der Waals surface area (Å²) in [5.74, 6) is 0.902. The van der Waals surface area contributed by atoms with Gasteiger partial charge in [-0.05, 0) is 38.1 Å². The van der Waals surface area contributed by atoms with Gasteiger partial charge < -0.3 is 14.6 Å². The van der Waals surface area contributed by atoms with Crippen LogP contribution in [0.3, 0.4) is 0 Å². The summed E-state index contributed by atoms with van der Waals surface area (Å²) >= 11 is 6.03. The third kappa shape index (κ3) is 4.54. The Kier molecular flexibility index (Phi) is 5.89. The summed E-state index contributed by atoms with van der Waals surface area (Å²) in [6, 6.07) is 5.73. The van der Waals surface area contributed by atoms with Crippen molar-refractivity contribution >= 4 is 11.6 Å². The molecule has 2 rings (SSSR count). The van der Waals surface area contributed by atoms with E-state index >= 15 is 0 Å². The van der Waals surface area contributed by atoms with Crippen LogP contribution in [0.15, 0.2) is 36.9 Å². The number of hydrogen-bond donors (Lipinski definition) is 1. The number of benzene rings is 1. The van der Waals surface area contributed by atoms with Gasteiger partial charge in [0, 0.05) is 36.1 Å². The Balaban J connectivity index is 1.76. The van der Waals surface area contributed by atoms with Crippen molar-refractivity contribution in [1.82, 2.24) is 14.9 Å². The molecule has 4 nitrogen and oxygen atoms in total. The first kappa shape index (κ1) is 14.9. The van der Waals surface area contributed by atoms with E-state index in [4.69, 9.17) is 16.3 Å². The number of halogens is 1. The lowest BCUT2D eigenvalue weighted by molar-refractivity contribution is 0.335. The van der Waals surface area contributed by atoms with Gasteiger partial charge in [-0.25, -0.2) is 4.98 Å². The van der Waals surface area contributed by atoms with Gasteiger partial charge in [0.25, 0.3) is 0 Å². The number of hydrogen-bond acceptors (Lipinski definition) is 3. The molecule has 0 aliphatic carbocycles. The lowest BCUT2D eigenvalue weighted by atomic mass is 10.2. The quantitative estimate of drug-likeness (QED) is 0.760. The van der Waals surface area contributed by atoms with Crippen LogP contribution in [-0.2, 0) is 13.1 Å². The van der Waals surface area contributed by atoms with E-state index < -0.39 is 0 Å². The van der Waals surface area contributed by atoms with Crippen molar-refractivity contribution in [2.45, 2.75) is 26.4 Å². The predicted octanol–water partition coefficient (Wildman–Crippen LogP) is 3.12. The Labute approximate surface area is 124 Å². The van der Waals surface area contributed by atoms with Gasteiger partial charge in [-0.15, -0.1) is 0 Å². The Morgan fingerprint density at radius 1 is 1.40 bits per heavy atom. The summed E-state index contributed by atoms with van der Waals surface area (Å²) in [5, 5.41) is 4.16. The predicted molar refractivity (Wildman–Crippen MR) is 81.2 cm³/mol. The minimum Gasteiger partial charge on any atom is -0.494 e. The standard InChI is InChI=1S/C15H20ClN3O/c1-2-20-15-5-4-14(16)10-13(15)11-17-6-3-8-19-9-7-18-12-19/h4-5,7,9-10,12,17H,2-3,6,8,11H2,1H3. The van der Waals surface area contributed by atoms with Crippen LogP contribution in [0.5, 0.6) is 5.75 Å². The summed E-state index contributed by atoms with van der Waals surface area (Å²) in [6.45, 7) is 5.32. The molecule has 0 radical (unpaired) electrons. The van der Waals surface area contributed by atoms with E-state index in [-0.39, 0.29) is 0 Å². The first-order valence-corrected chi connectivity index (χ1v) is 7.25. The lowest BCUT2D eigenvalue weighted by Gasteiger charge is -2.11. The van der Waals surface area contributed by atoms with E-state index in [2.05, 4.69) is 14.9 Å². The number of rotatable bonds is 8. The minimum atomic E-state index is 0.662. The molecule has 0 unspecified atom stereocenters. The molecule has 1 N–H and O–H groups in total. The van der Waals surface area contributed by atoms with Crippen molar-refractivity contribution in [3.8, 4) is 5.75 Å². The molecule has 0 saturated heterocycles. The zero-order valence-electron chi connectivity index (χ0n) is 11.7. The molecule has 0 saturated carbocycles. The van der Waals surface area contributed by atoms with Gasteiger partial charge in [-0.2, -0.15) is 0 Å². The Morgan fingerprint density at radius 3 is 3.05 bits per heavy atom. The monoisotopic (exact) mass is 293 g/mol. The molecule has 1 aromatic carbocycles. The number of nitrogens with zero attached hydrogens (tertiary/aromatic N) is 2. The highest BCUT2D eigenvalue weighted by molar-refractivity contribution is 6.30. The van der Waals surface area contributed by atoms with Gasteiger partial charge in [-0.1, -0.05) is 11.6 Å². The first-order chi connectivity index (χ1) is 9.79. The molecule has 1 aromatic heterocycles. The van der Waals surface area contributed by atoms with Crippen LogP contribution in [0, 0.1) is 0 Å². The van der Waals surface area contributed by atoms with Crippen molar-refractivity contribution in [1.29, 1.82) is 0 Å². The average Bonchev–Trinajstić information content (AvgIpc) is 2.94. The lowest BCUT2D eigenvalue weighted by Crippen LogP contribution is -2.17. The summed E-state index contributed by atoms with van der Waals surface area (Å²) in [4.78, 5) is 4.02. The Bertz CT molecular complexity index is 514. The smallest absolute Gasteiger partial charge is 0.123 e. The second-order valence-corrected chi connectivity index (χ2v) is 4.95. The van der Waals surface area contributed by atoms with Crippen molar-refractivity contribution in [2.24, 2.45) is 0 Å². The van der Waals surface area contributed by atoms with E-state index in [1.807, 2.05) is 37.6 Å². The van der Waals surface area contributed by atoms with Crippen LogP contribution in [0.2, 0.25) is 5.02 Å². The van der Waals surface area contributed by atoms with Crippen LogP contribution < -0.4 is 10.1 Å². The number of ether oxygens (including phenoxy) is 1. The van der Waals surface area contributed by atoms with Crippen molar-refractivity contribution in [3.63, 3.8) is 0 Å². The van der Waals surface area contributed by atoms with E-state index in [1.54, 1.807) is 6.20 Å². The van der Waals surface area contributed by atoms with Gasteiger partial charge in [-0.3, -0.25) is 0 Å². The molecule has 0 fully saturated rings. The topological polar surface area (TPSA) is 39.1 Å². The number of aryl methyl sites for hydroxylation is 1. The Hall–Kier alpha value is -1.52. The number of imidazole rings is 1. The molecule has 0 bridgehead atoms. The number of nitrogens with one attached hydrogen (secondary N) is 1. The van der Waals surface area contributed by atoms with Crippen LogP contribution in [0.1, 0.15) is 18.9 Å². The normalized spacial score (nSPS) is 10.7. The molecule has 0 spiro atoms. The zero-order chi connectivity index (χ0) is 14.2. The van der Waals surface area contributed by atoms with E-state index in [9.17, 15) is 0 Å². The largest absolute Gasteiger partial charge is 0.494 e. The maximum absolute atomic E-state index is 6.03. The second kappa shape index (κ2) is 7.92. The fraction of sp³-hybridized carbons (Fsp3) is 0.400. The highest BCUT2D eigenvalue weighted by Crippen LogP contribution is 2.22. The zero-order valence-corrected chi connectivity index (χ0v) is 12.4. The van der Waals surface area contributed by atoms with Gasteiger partial charge in [0.05, 0.1) is 12.9 Å². The van der Waals surface area contributed by atoms with E-state index in [1.165, 1.54) is 0 Å². The molecule has 0 atom stereocenters. The molecule has 1 heterocycles. The number of aromatic nitrogens is 2. The third-order valence-electron chi connectivity index (χ3n) is 2.97. The van der Waals surface area contributed by atoms with Gasteiger partial charge in [0.1, 0.15) is 5.75 Å². The van der Waals surface area contributed by atoms with Crippen LogP contribution in [-0.4, -0.2) is 22.7 Å². The summed E-state index contributed by atoms with van der Waals surface area (Å²) < 4.78 is 7.67. The highest BCUT2D eigenvalue weighted by Gasteiger charge is 2.04. The minimum absolute atomic E-state index is 0.662. The maximum Gasteiger partial charge on any atom is 0.123 e. The van der Waals surface area contributed by atoms with Crippen molar-refractivity contribution in [2.75, 3.05) is 13.2 Å². The summed E-state index contributed by atoms with van der Waals surface area (Å²) in [6.07, 6.45) is 6.67. The van der Waals surface area contributed by atoms with Gasteiger partial charge >= 0.3 is 0 Å². The van der Waals surface area contributed by atoms with Crippen molar-refractivity contribution in [3.05, 3.63) is 47.5 Å². The highest BCUT2D eigenvalue weighted by atomic mass is 35.5. The van der Waals surface area contributed by atoms with Crippen LogP contribution in [0.4, 0.5) is 0 Å². The molecule has 20 heavy (non-hydrogen) atoms. The van der Waals surface area contributed by atoms with E-state index in [0.29, 0.717) is 6.61 Å². The average molecular weight is 294 g/mol. The first-order valence-electron chi connectivity index (χ1n) is 6.87. The molecule has 2 aromatic rings. The molecule has 0 aliphatic heterocycles. The fourth-order valence-electron chi connectivity index (χ4n) is 2.01. The summed E-state index contributed by atoms with van der Waals surface area (Å²) in [7, 11) is 0. The SMILES string of the molecule is CCOc1ccc(Cl)cc1CNCCCn1ccnc1. The third-order valence-corrected chi connectivity index (χ3v) is 3.20. The second-order valence-electron chi connectivity index (χ2n) is 4.52. The molecular weight excluding hydrogens is 274 g/mol. The fourth-order valence-corrected chi connectivity index (χ4v) is 2.21. The van der Waals surface area contributed by atoms with E-state index in [0.717, 1.165) is 42.4 Å². The molecular formula is C15H20ClN3O. The molecule has 0 aliphatic rings. The molecule has 108 valence electrons.